The van der Waals surface area contributed by atoms with Gasteiger partial charge < -0.3 is 5.11 Å². The lowest BCUT2D eigenvalue weighted by molar-refractivity contribution is 0.262. The van der Waals surface area contributed by atoms with E-state index in [1.54, 1.807) is 16.4 Å². The van der Waals surface area contributed by atoms with Crippen LogP contribution in [0.25, 0.3) is 0 Å². The quantitative estimate of drug-likeness (QED) is 0.863. The maximum Gasteiger partial charge on any atom is 0.209 e. The maximum absolute atomic E-state index is 8.88. The van der Waals surface area contributed by atoms with Crippen molar-refractivity contribution in [2.75, 3.05) is 6.61 Å². The zero-order chi connectivity index (χ0) is 11.4. The van der Waals surface area contributed by atoms with Gasteiger partial charge in [0.15, 0.2) is 0 Å². The molecule has 0 spiro atoms. The fraction of sp³-hybridized carbons (Fsp3) is 0.900. The highest BCUT2D eigenvalue weighted by Gasteiger charge is 2.22. The number of rotatable bonds is 4. The van der Waals surface area contributed by atoms with E-state index in [1.807, 2.05) is 0 Å². The Morgan fingerprint density at radius 1 is 1.50 bits per heavy atom. The summed E-state index contributed by atoms with van der Waals surface area (Å²) in [4.78, 5) is 0. The number of nitrogens with zero attached hydrogens (tertiary/aromatic N) is 4. The second-order valence-corrected chi connectivity index (χ2v) is 5.69. The standard InChI is InChI=1S/C10H18N4OS/c1-8-3-2-4-9(7-8)16-10-11-12-13-14(10)5-6-15/h8-9,15H,2-7H2,1H3. The molecule has 2 rings (SSSR count). The van der Waals surface area contributed by atoms with Crippen LogP contribution in [0.4, 0.5) is 0 Å². The van der Waals surface area contributed by atoms with Crippen molar-refractivity contribution >= 4 is 11.8 Å². The van der Waals surface area contributed by atoms with Crippen LogP contribution in [0.5, 0.6) is 0 Å². The fourth-order valence-corrected chi connectivity index (χ4v) is 3.49. The molecule has 0 aromatic carbocycles. The van der Waals surface area contributed by atoms with E-state index >= 15 is 0 Å². The molecule has 1 saturated carbocycles. The lowest BCUT2D eigenvalue weighted by atomic mass is 9.91. The second-order valence-electron chi connectivity index (χ2n) is 4.42. The van der Waals surface area contributed by atoms with Crippen molar-refractivity contribution < 1.29 is 5.11 Å². The van der Waals surface area contributed by atoms with Gasteiger partial charge in [0.25, 0.3) is 0 Å². The first-order chi connectivity index (χ1) is 7.79. The third-order valence-electron chi connectivity index (χ3n) is 2.97. The van der Waals surface area contributed by atoms with Gasteiger partial charge in [-0.3, -0.25) is 0 Å². The van der Waals surface area contributed by atoms with Gasteiger partial charge in [-0.15, -0.1) is 5.10 Å². The van der Waals surface area contributed by atoms with E-state index in [0.29, 0.717) is 11.8 Å². The van der Waals surface area contributed by atoms with Crippen molar-refractivity contribution in [2.45, 2.75) is 49.6 Å². The maximum atomic E-state index is 8.88. The molecular weight excluding hydrogens is 224 g/mol. The molecule has 2 unspecified atom stereocenters. The molecule has 6 heteroatoms. The number of aromatic nitrogens is 4. The number of hydrogen-bond acceptors (Lipinski definition) is 5. The topological polar surface area (TPSA) is 63.8 Å². The highest BCUT2D eigenvalue weighted by molar-refractivity contribution is 7.99. The van der Waals surface area contributed by atoms with E-state index in [1.165, 1.54) is 25.7 Å². The van der Waals surface area contributed by atoms with Crippen LogP contribution in [-0.4, -0.2) is 37.2 Å². The van der Waals surface area contributed by atoms with Crippen LogP contribution in [0, 0.1) is 5.92 Å². The molecule has 2 atom stereocenters. The monoisotopic (exact) mass is 242 g/mol. The van der Waals surface area contributed by atoms with Gasteiger partial charge in [0.05, 0.1) is 13.2 Å². The highest BCUT2D eigenvalue weighted by atomic mass is 32.2. The smallest absolute Gasteiger partial charge is 0.209 e. The predicted molar refractivity (Wildman–Crippen MR) is 62.2 cm³/mol. The third kappa shape index (κ3) is 2.95. The highest BCUT2D eigenvalue weighted by Crippen LogP contribution is 2.34. The van der Waals surface area contributed by atoms with Gasteiger partial charge in [-0.25, -0.2) is 4.68 Å². The molecule has 0 amide bonds. The van der Waals surface area contributed by atoms with E-state index in [-0.39, 0.29) is 6.61 Å². The summed E-state index contributed by atoms with van der Waals surface area (Å²) in [6.07, 6.45) is 5.15. The Morgan fingerprint density at radius 3 is 3.12 bits per heavy atom. The molecule has 1 aromatic rings. The number of hydrogen-bond donors (Lipinski definition) is 1. The summed E-state index contributed by atoms with van der Waals surface area (Å²) >= 11 is 1.76. The van der Waals surface area contributed by atoms with Crippen molar-refractivity contribution in [2.24, 2.45) is 5.92 Å². The summed E-state index contributed by atoms with van der Waals surface area (Å²) < 4.78 is 1.68. The average molecular weight is 242 g/mol. The van der Waals surface area contributed by atoms with Gasteiger partial charge >= 0.3 is 0 Å². The van der Waals surface area contributed by atoms with Gasteiger partial charge in [-0.1, -0.05) is 31.5 Å². The van der Waals surface area contributed by atoms with Crippen LogP contribution < -0.4 is 0 Å². The van der Waals surface area contributed by atoms with Gasteiger partial charge in [-0.05, 0) is 29.2 Å². The Balaban J connectivity index is 1.94. The summed E-state index contributed by atoms with van der Waals surface area (Å²) in [5.41, 5.74) is 0. The van der Waals surface area contributed by atoms with Crippen molar-refractivity contribution in [1.82, 2.24) is 20.2 Å². The Labute approximate surface area is 99.6 Å². The summed E-state index contributed by atoms with van der Waals surface area (Å²) in [6.45, 7) is 2.88. The van der Waals surface area contributed by atoms with Crippen LogP contribution in [0.1, 0.15) is 32.6 Å². The van der Waals surface area contributed by atoms with E-state index in [0.717, 1.165) is 11.1 Å². The van der Waals surface area contributed by atoms with Gasteiger partial charge in [0, 0.05) is 5.25 Å². The summed E-state index contributed by atoms with van der Waals surface area (Å²) in [5, 5.41) is 21.9. The van der Waals surface area contributed by atoms with Crippen LogP contribution in [0.15, 0.2) is 5.16 Å². The first-order valence-electron chi connectivity index (χ1n) is 5.83. The Bertz CT molecular complexity index is 330. The molecule has 5 nitrogen and oxygen atoms in total. The minimum atomic E-state index is 0.0830. The molecule has 0 radical (unpaired) electrons. The molecule has 16 heavy (non-hydrogen) atoms. The first-order valence-corrected chi connectivity index (χ1v) is 6.71. The molecule has 0 aliphatic heterocycles. The first kappa shape index (κ1) is 11.9. The molecular formula is C10H18N4OS. The van der Waals surface area contributed by atoms with Gasteiger partial charge in [-0.2, -0.15) is 0 Å². The lowest BCUT2D eigenvalue weighted by Gasteiger charge is -2.25. The van der Waals surface area contributed by atoms with E-state index in [2.05, 4.69) is 22.4 Å². The molecule has 1 aliphatic carbocycles. The number of aliphatic hydroxyl groups excluding tert-OH is 1. The zero-order valence-corrected chi connectivity index (χ0v) is 10.4. The van der Waals surface area contributed by atoms with Crippen LogP contribution >= 0.6 is 11.8 Å². The minimum absolute atomic E-state index is 0.0830. The normalized spacial score (nSPS) is 25.9. The number of tetrazole rings is 1. The Hall–Kier alpha value is -0.620. The molecule has 1 N–H and O–H groups in total. The van der Waals surface area contributed by atoms with Crippen molar-refractivity contribution in [3.05, 3.63) is 0 Å². The summed E-state index contributed by atoms with van der Waals surface area (Å²) in [7, 11) is 0. The van der Waals surface area contributed by atoms with E-state index in [9.17, 15) is 0 Å². The van der Waals surface area contributed by atoms with Gasteiger partial charge in [0.2, 0.25) is 5.16 Å². The van der Waals surface area contributed by atoms with Crippen molar-refractivity contribution in [3.8, 4) is 0 Å². The molecule has 1 heterocycles. The lowest BCUT2D eigenvalue weighted by Crippen LogP contribution is -2.16. The summed E-state index contributed by atoms with van der Waals surface area (Å²) in [5.74, 6) is 0.813. The predicted octanol–water partition coefficient (Wildman–Crippen LogP) is 1.34. The number of thioether (sulfide) groups is 1. The molecule has 1 aromatic heterocycles. The molecule has 1 fully saturated rings. The molecule has 90 valence electrons. The third-order valence-corrected chi connectivity index (χ3v) is 4.24. The minimum Gasteiger partial charge on any atom is -0.394 e. The molecule has 0 bridgehead atoms. The van der Waals surface area contributed by atoms with Crippen LogP contribution in [0.3, 0.4) is 0 Å². The molecule has 0 saturated heterocycles. The Morgan fingerprint density at radius 2 is 2.38 bits per heavy atom. The number of aliphatic hydroxyl groups is 1. The van der Waals surface area contributed by atoms with E-state index < -0.39 is 0 Å². The van der Waals surface area contributed by atoms with E-state index in [4.69, 9.17) is 5.11 Å². The van der Waals surface area contributed by atoms with Crippen LogP contribution in [-0.2, 0) is 6.54 Å². The van der Waals surface area contributed by atoms with Gasteiger partial charge in [0.1, 0.15) is 0 Å². The average Bonchev–Trinajstić information content (AvgIpc) is 2.66. The fourth-order valence-electron chi connectivity index (χ4n) is 2.15. The second kappa shape index (κ2) is 5.63. The Kier molecular flexibility index (Phi) is 4.17. The van der Waals surface area contributed by atoms with Crippen molar-refractivity contribution in [3.63, 3.8) is 0 Å². The molecule has 1 aliphatic rings. The zero-order valence-electron chi connectivity index (χ0n) is 9.54. The van der Waals surface area contributed by atoms with Crippen LogP contribution in [0.2, 0.25) is 0 Å². The summed E-state index contributed by atoms with van der Waals surface area (Å²) in [6, 6.07) is 0. The van der Waals surface area contributed by atoms with Crippen molar-refractivity contribution in [1.29, 1.82) is 0 Å². The largest absolute Gasteiger partial charge is 0.394 e. The SMILES string of the molecule is CC1CCCC(Sc2nnnn2CCO)C1.